The van der Waals surface area contributed by atoms with Crippen LogP contribution in [0.15, 0.2) is 48.5 Å². The number of ether oxygens (including phenoxy) is 2. The monoisotopic (exact) mass is 414 g/mol. The lowest BCUT2D eigenvalue weighted by Crippen LogP contribution is -2.44. The predicted molar refractivity (Wildman–Crippen MR) is 114 cm³/mol. The highest BCUT2D eigenvalue weighted by molar-refractivity contribution is 5.81. The zero-order valence-corrected chi connectivity index (χ0v) is 17.7. The van der Waals surface area contributed by atoms with E-state index in [1.165, 1.54) is 0 Å². The SMILES string of the molecule is CC(C)(C)OC(=O)[C@H](CCO)NC(=O)OCc1ccccc1-c1ccc(CN)cc1. The number of aliphatic hydroxyl groups is 1. The van der Waals surface area contributed by atoms with Crippen molar-refractivity contribution in [3.05, 3.63) is 59.7 Å². The number of hydrogen-bond acceptors (Lipinski definition) is 6. The minimum atomic E-state index is -0.985. The van der Waals surface area contributed by atoms with Crippen molar-refractivity contribution >= 4 is 12.1 Å². The number of rotatable bonds is 8. The molecule has 162 valence electrons. The van der Waals surface area contributed by atoms with Crippen LogP contribution in [0, 0.1) is 0 Å². The number of carbonyl (C=O) groups excluding carboxylic acids is 2. The standard InChI is InChI=1S/C23H30N2O5/c1-23(2,3)30-21(27)20(12-13-26)25-22(28)29-15-18-6-4-5-7-19(18)17-10-8-16(14-24)9-11-17/h4-11,20,26H,12-15,24H2,1-3H3,(H,25,28)/t20-/m0/s1. The molecule has 2 aromatic carbocycles. The molecule has 0 fully saturated rings. The fourth-order valence-corrected chi connectivity index (χ4v) is 2.83. The van der Waals surface area contributed by atoms with Crippen molar-refractivity contribution in [3.63, 3.8) is 0 Å². The smallest absolute Gasteiger partial charge is 0.408 e. The van der Waals surface area contributed by atoms with Crippen molar-refractivity contribution in [1.82, 2.24) is 5.32 Å². The number of amides is 1. The van der Waals surface area contributed by atoms with Gasteiger partial charge in [0, 0.05) is 19.6 Å². The average molecular weight is 415 g/mol. The van der Waals surface area contributed by atoms with Gasteiger partial charge in [0.05, 0.1) is 0 Å². The molecule has 0 aliphatic carbocycles. The van der Waals surface area contributed by atoms with Crippen LogP contribution in [0.2, 0.25) is 0 Å². The van der Waals surface area contributed by atoms with Gasteiger partial charge in [-0.3, -0.25) is 0 Å². The van der Waals surface area contributed by atoms with E-state index in [0.29, 0.717) is 6.54 Å². The van der Waals surface area contributed by atoms with Crippen molar-refractivity contribution < 1.29 is 24.2 Å². The first kappa shape index (κ1) is 23.4. The van der Waals surface area contributed by atoms with E-state index >= 15 is 0 Å². The van der Waals surface area contributed by atoms with Gasteiger partial charge in [0.1, 0.15) is 18.2 Å². The van der Waals surface area contributed by atoms with Gasteiger partial charge in [0.15, 0.2) is 0 Å². The fourth-order valence-electron chi connectivity index (χ4n) is 2.83. The molecule has 0 bridgehead atoms. The Balaban J connectivity index is 2.04. The fraction of sp³-hybridized carbons (Fsp3) is 0.391. The molecule has 0 heterocycles. The topological polar surface area (TPSA) is 111 Å². The third-order valence-corrected chi connectivity index (χ3v) is 4.28. The van der Waals surface area contributed by atoms with Gasteiger partial charge in [-0.25, -0.2) is 9.59 Å². The van der Waals surface area contributed by atoms with Gasteiger partial charge in [0.25, 0.3) is 0 Å². The molecule has 2 aromatic rings. The molecule has 0 aliphatic rings. The van der Waals surface area contributed by atoms with Crippen LogP contribution in [0.1, 0.15) is 38.3 Å². The first-order valence-corrected chi connectivity index (χ1v) is 9.88. The maximum Gasteiger partial charge on any atom is 0.408 e. The second-order valence-electron chi connectivity index (χ2n) is 7.88. The number of nitrogens with two attached hydrogens (primary N) is 1. The third-order valence-electron chi connectivity index (χ3n) is 4.28. The Morgan fingerprint density at radius 2 is 1.77 bits per heavy atom. The summed E-state index contributed by atoms with van der Waals surface area (Å²) in [5, 5.41) is 11.7. The van der Waals surface area contributed by atoms with Crippen LogP contribution in [0.5, 0.6) is 0 Å². The van der Waals surface area contributed by atoms with Crippen molar-refractivity contribution in [2.24, 2.45) is 5.73 Å². The van der Waals surface area contributed by atoms with Gasteiger partial charge in [-0.15, -0.1) is 0 Å². The van der Waals surface area contributed by atoms with Crippen LogP contribution in [-0.2, 0) is 27.4 Å². The Labute approximate surface area is 177 Å². The van der Waals surface area contributed by atoms with Crippen LogP contribution < -0.4 is 11.1 Å². The van der Waals surface area contributed by atoms with E-state index in [9.17, 15) is 14.7 Å². The highest BCUT2D eigenvalue weighted by Gasteiger charge is 2.26. The van der Waals surface area contributed by atoms with Gasteiger partial charge in [-0.1, -0.05) is 48.5 Å². The quantitative estimate of drug-likeness (QED) is 0.573. The van der Waals surface area contributed by atoms with E-state index in [1.807, 2.05) is 48.5 Å². The summed E-state index contributed by atoms with van der Waals surface area (Å²) in [5.41, 5.74) is 8.73. The molecule has 0 saturated carbocycles. The molecule has 30 heavy (non-hydrogen) atoms. The van der Waals surface area contributed by atoms with E-state index in [4.69, 9.17) is 15.2 Å². The lowest BCUT2D eigenvalue weighted by Gasteiger charge is -2.24. The Morgan fingerprint density at radius 1 is 1.10 bits per heavy atom. The number of benzene rings is 2. The summed E-state index contributed by atoms with van der Waals surface area (Å²) in [7, 11) is 0. The highest BCUT2D eigenvalue weighted by Crippen LogP contribution is 2.24. The average Bonchev–Trinajstić information content (AvgIpc) is 2.71. The minimum absolute atomic E-state index is 0.0286. The van der Waals surface area contributed by atoms with Crippen LogP contribution in [0.4, 0.5) is 4.79 Å². The highest BCUT2D eigenvalue weighted by atomic mass is 16.6. The molecule has 7 nitrogen and oxygen atoms in total. The lowest BCUT2D eigenvalue weighted by atomic mass is 9.99. The van der Waals surface area contributed by atoms with Crippen molar-refractivity contribution in [2.75, 3.05) is 6.61 Å². The first-order valence-electron chi connectivity index (χ1n) is 9.88. The number of esters is 1. The molecule has 1 atom stereocenters. The Hall–Kier alpha value is -2.90. The molecule has 0 saturated heterocycles. The molecule has 2 rings (SSSR count). The van der Waals surface area contributed by atoms with E-state index in [0.717, 1.165) is 22.3 Å². The second kappa shape index (κ2) is 10.8. The number of aliphatic hydroxyl groups excluding tert-OH is 1. The second-order valence-corrected chi connectivity index (χ2v) is 7.88. The van der Waals surface area contributed by atoms with Crippen LogP contribution >= 0.6 is 0 Å². The largest absolute Gasteiger partial charge is 0.458 e. The van der Waals surface area contributed by atoms with Crippen LogP contribution in [0.3, 0.4) is 0 Å². The maximum atomic E-state index is 12.3. The van der Waals surface area contributed by atoms with Gasteiger partial charge in [-0.2, -0.15) is 0 Å². The Kier molecular flexibility index (Phi) is 8.38. The van der Waals surface area contributed by atoms with Crippen molar-refractivity contribution in [2.45, 2.75) is 52.0 Å². The Bertz CT molecular complexity index is 843. The van der Waals surface area contributed by atoms with Crippen LogP contribution in [-0.4, -0.2) is 35.4 Å². The summed E-state index contributed by atoms with van der Waals surface area (Å²) >= 11 is 0. The summed E-state index contributed by atoms with van der Waals surface area (Å²) < 4.78 is 10.6. The first-order chi connectivity index (χ1) is 14.2. The van der Waals surface area contributed by atoms with E-state index in [1.54, 1.807) is 20.8 Å². The number of carbonyl (C=O) groups is 2. The van der Waals surface area contributed by atoms with Gasteiger partial charge in [-0.05, 0) is 43.0 Å². The molecular formula is C23H30N2O5. The van der Waals surface area contributed by atoms with E-state index in [-0.39, 0.29) is 19.6 Å². The molecule has 0 radical (unpaired) electrons. The predicted octanol–water partition coefficient (Wildman–Crippen LogP) is 3.13. The Morgan fingerprint density at radius 3 is 2.37 bits per heavy atom. The molecule has 0 unspecified atom stereocenters. The van der Waals surface area contributed by atoms with Crippen molar-refractivity contribution in [3.8, 4) is 11.1 Å². The maximum absolute atomic E-state index is 12.3. The van der Waals surface area contributed by atoms with Gasteiger partial charge in [0.2, 0.25) is 0 Å². The summed E-state index contributed by atoms with van der Waals surface area (Å²) in [6, 6.07) is 14.5. The summed E-state index contributed by atoms with van der Waals surface area (Å²) in [6.45, 7) is 5.42. The molecule has 0 spiro atoms. The molecule has 4 N–H and O–H groups in total. The molecular weight excluding hydrogens is 384 g/mol. The zero-order chi connectivity index (χ0) is 22.1. The summed E-state index contributed by atoms with van der Waals surface area (Å²) in [6.07, 6.45) is -0.721. The van der Waals surface area contributed by atoms with Crippen molar-refractivity contribution in [1.29, 1.82) is 0 Å². The van der Waals surface area contributed by atoms with E-state index < -0.39 is 23.7 Å². The summed E-state index contributed by atoms with van der Waals surface area (Å²) in [5.74, 6) is -0.617. The van der Waals surface area contributed by atoms with E-state index in [2.05, 4.69) is 5.32 Å². The number of alkyl carbamates (subject to hydrolysis) is 1. The minimum Gasteiger partial charge on any atom is -0.458 e. The summed E-state index contributed by atoms with van der Waals surface area (Å²) in [4.78, 5) is 24.5. The molecule has 1 amide bonds. The molecule has 0 aliphatic heterocycles. The van der Waals surface area contributed by atoms with Gasteiger partial charge < -0.3 is 25.6 Å². The molecule has 7 heteroatoms. The lowest BCUT2D eigenvalue weighted by molar-refractivity contribution is -0.157. The normalized spacial score (nSPS) is 12.2. The zero-order valence-electron chi connectivity index (χ0n) is 17.7. The molecule has 0 aromatic heterocycles. The third kappa shape index (κ3) is 7.17. The van der Waals surface area contributed by atoms with Gasteiger partial charge >= 0.3 is 12.1 Å². The number of nitrogens with one attached hydrogen (secondary N) is 1. The number of hydrogen-bond donors (Lipinski definition) is 3. The van der Waals surface area contributed by atoms with Crippen LogP contribution in [0.25, 0.3) is 11.1 Å².